The fourth-order valence-electron chi connectivity index (χ4n) is 5.83. The van der Waals surface area contributed by atoms with Crippen LogP contribution in [0, 0.1) is 0 Å². The molecule has 0 bridgehead atoms. The molecule has 2 atom stereocenters. The number of halogens is 1. The average Bonchev–Trinajstić information content (AvgIpc) is 3.54. The summed E-state index contributed by atoms with van der Waals surface area (Å²) in [5, 5.41) is 8.52. The molecule has 2 aromatic heterocycles. The summed E-state index contributed by atoms with van der Waals surface area (Å²) < 4.78 is 7.57. The number of nitrogens with zero attached hydrogens (tertiary/aromatic N) is 2. The lowest BCUT2D eigenvalue weighted by Gasteiger charge is -2.33. The number of fused-ring (bicyclic) bond motifs is 3. The number of hydrogen-bond donors (Lipinski definition) is 1. The molecular formula is C24H24BrN3O3S. The molecule has 32 heavy (non-hydrogen) atoms. The van der Waals surface area contributed by atoms with E-state index in [0.29, 0.717) is 12.2 Å². The van der Waals surface area contributed by atoms with Gasteiger partial charge < -0.3 is 14.7 Å². The van der Waals surface area contributed by atoms with Crippen LogP contribution in [-0.4, -0.2) is 40.0 Å². The van der Waals surface area contributed by atoms with Gasteiger partial charge in [-0.25, -0.2) is 0 Å². The Morgan fingerprint density at radius 2 is 2.06 bits per heavy atom. The molecule has 0 spiro atoms. The third kappa shape index (κ3) is 3.22. The fraction of sp³-hybridized carbons (Fsp3) is 0.458. The third-order valence-electron chi connectivity index (χ3n) is 7.39. The van der Waals surface area contributed by atoms with Crippen LogP contribution in [0.4, 0.5) is 0 Å². The van der Waals surface area contributed by atoms with Crippen LogP contribution in [0.3, 0.4) is 0 Å². The number of likely N-dealkylation sites (tertiary alicyclic amines) is 1. The molecule has 3 heterocycles. The van der Waals surface area contributed by atoms with Gasteiger partial charge in [0, 0.05) is 27.7 Å². The predicted molar refractivity (Wildman–Crippen MR) is 126 cm³/mol. The summed E-state index contributed by atoms with van der Waals surface area (Å²) in [7, 11) is 0. The summed E-state index contributed by atoms with van der Waals surface area (Å²) >= 11 is 5.05. The zero-order valence-electron chi connectivity index (χ0n) is 17.7. The van der Waals surface area contributed by atoms with Crippen molar-refractivity contribution in [3.63, 3.8) is 0 Å². The molecule has 2 amide bonds. The van der Waals surface area contributed by atoms with Crippen molar-refractivity contribution in [1.29, 1.82) is 0 Å². The van der Waals surface area contributed by atoms with E-state index in [1.54, 1.807) is 0 Å². The molecule has 6 nitrogen and oxygen atoms in total. The topological polar surface area (TPSA) is 75.4 Å². The molecule has 0 radical (unpaired) electrons. The maximum atomic E-state index is 13.5. The molecule has 3 aliphatic rings. The van der Waals surface area contributed by atoms with Gasteiger partial charge in [-0.15, -0.1) is 11.3 Å². The lowest BCUT2D eigenvalue weighted by atomic mass is 9.91. The number of hydrogen-bond acceptors (Lipinski definition) is 5. The van der Waals surface area contributed by atoms with E-state index in [2.05, 4.69) is 32.5 Å². The maximum Gasteiger partial charge on any atom is 0.274 e. The molecule has 1 aromatic carbocycles. The Bertz CT molecular complexity index is 1230. The van der Waals surface area contributed by atoms with E-state index in [1.807, 2.05) is 23.1 Å². The Morgan fingerprint density at radius 1 is 1.19 bits per heavy atom. The van der Waals surface area contributed by atoms with Gasteiger partial charge in [0.15, 0.2) is 5.69 Å². The average molecular weight is 514 g/mol. The Hall–Kier alpha value is -2.19. The van der Waals surface area contributed by atoms with Gasteiger partial charge in [0.05, 0.1) is 16.5 Å². The first-order chi connectivity index (χ1) is 15.5. The number of aromatic nitrogens is 1. The smallest absolute Gasteiger partial charge is 0.274 e. The van der Waals surface area contributed by atoms with E-state index in [-0.39, 0.29) is 23.4 Å². The van der Waals surface area contributed by atoms with Crippen LogP contribution in [0.15, 0.2) is 33.3 Å². The number of benzene rings is 1. The van der Waals surface area contributed by atoms with Gasteiger partial charge in [0.1, 0.15) is 5.76 Å². The lowest BCUT2D eigenvalue weighted by molar-refractivity contribution is 0.0698. The first kappa shape index (κ1) is 20.4. The van der Waals surface area contributed by atoms with Crippen molar-refractivity contribution in [1.82, 2.24) is 15.4 Å². The predicted octanol–water partition coefficient (Wildman–Crippen LogP) is 5.10. The number of carbonyl (C=O) groups excluding carboxylic acids is 2. The van der Waals surface area contributed by atoms with Gasteiger partial charge in [-0.1, -0.05) is 27.2 Å². The molecular weight excluding hydrogens is 490 g/mol. The van der Waals surface area contributed by atoms with E-state index in [4.69, 9.17) is 4.52 Å². The van der Waals surface area contributed by atoms with Crippen LogP contribution in [0.5, 0.6) is 0 Å². The van der Waals surface area contributed by atoms with E-state index < -0.39 is 0 Å². The standard InChI is InChI=1S/C24H24BrN3O3S/c25-15-8-7-14-12-19(32-18(14)13-15)23(30)28-11-10-24(9-3-6-20(24)28)26-22(29)21-16-4-1-2-5-17(16)31-27-21/h7-8,12-13,20H,1-6,9-11H2,(H,26,29)/t20-,24-/m0/s1. The fourth-order valence-corrected chi connectivity index (χ4v) is 7.40. The maximum absolute atomic E-state index is 13.5. The van der Waals surface area contributed by atoms with Crippen molar-refractivity contribution < 1.29 is 14.1 Å². The summed E-state index contributed by atoms with van der Waals surface area (Å²) in [6.45, 7) is 0.665. The monoisotopic (exact) mass is 513 g/mol. The zero-order valence-corrected chi connectivity index (χ0v) is 20.1. The highest BCUT2D eigenvalue weighted by atomic mass is 79.9. The Balaban J connectivity index is 1.24. The normalized spacial score (nSPS) is 24.5. The molecule has 1 N–H and O–H groups in total. The number of amides is 2. The summed E-state index contributed by atoms with van der Waals surface area (Å²) in [6, 6.07) is 8.11. The van der Waals surface area contributed by atoms with Crippen molar-refractivity contribution in [2.45, 2.75) is 62.9 Å². The van der Waals surface area contributed by atoms with Crippen LogP contribution in [0.1, 0.15) is 70.0 Å². The molecule has 0 unspecified atom stereocenters. The largest absolute Gasteiger partial charge is 0.360 e. The van der Waals surface area contributed by atoms with Crippen molar-refractivity contribution in [3.05, 3.63) is 50.6 Å². The van der Waals surface area contributed by atoms with Gasteiger partial charge in [0.25, 0.3) is 11.8 Å². The van der Waals surface area contributed by atoms with E-state index >= 15 is 0 Å². The second-order valence-electron chi connectivity index (χ2n) is 9.20. The molecule has 166 valence electrons. The van der Waals surface area contributed by atoms with E-state index in [9.17, 15) is 9.59 Å². The van der Waals surface area contributed by atoms with Crippen LogP contribution < -0.4 is 5.32 Å². The molecule has 2 aliphatic carbocycles. The first-order valence-corrected chi connectivity index (χ1v) is 12.9. The summed E-state index contributed by atoms with van der Waals surface area (Å²) in [6.07, 6.45) is 7.46. The van der Waals surface area contributed by atoms with E-state index in [0.717, 1.165) is 82.1 Å². The van der Waals surface area contributed by atoms with Gasteiger partial charge in [-0.05, 0) is 68.5 Å². The third-order valence-corrected chi connectivity index (χ3v) is 8.97. The van der Waals surface area contributed by atoms with Gasteiger partial charge in [0.2, 0.25) is 0 Å². The molecule has 6 rings (SSSR count). The summed E-state index contributed by atoms with van der Waals surface area (Å²) in [4.78, 5) is 29.5. The number of rotatable bonds is 3. The minimum absolute atomic E-state index is 0.0265. The lowest BCUT2D eigenvalue weighted by Crippen LogP contribution is -2.54. The molecule has 1 saturated heterocycles. The molecule has 1 aliphatic heterocycles. The first-order valence-electron chi connectivity index (χ1n) is 11.3. The zero-order chi connectivity index (χ0) is 21.9. The van der Waals surface area contributed by atoms with Crippen molar-refractivity contribution in [2.24, 2.45) is 0 Å². The highest BCUT2D eigenvalue weighted by Gasteiger charge is 2.53. The van der Waals surface area contributed by atoms with Gasteiger partial charge in [-0.2, -0.15) is 0 Å². The SMILES string of the molecule is O=C(N[C@]12CCC[C@@H]1N(C(=O)c1cc3ccc(Br)cc3s1)CC2)c1noc2c1CCCC2. The number of thiophene rings is 1. The van der Waals surface area contributed by atoms with Crippen molar-refractivity contribution in [2.75, 3.05) is 6.54 Å². The summed E-state index contributed by atoms with van der Waals surface area (Å²) in [5.74, 6) is 0.787. The minimum atomic E-state index is -0.368. The van der Waals surface area contributed by atoms with Crippen LogP contribution in [-0.2, 0) is 12.8 Å². The second-order valence-corrected chi connectivity index (χ2v) is 11.2. The molecule has 3 aromatic rings. The molecule has 8 heteroatoms. The Labute approximate surface area is 198 Å². The molecule has 2 fully saturated rings. The number of nitrogens with one attached hydrogen (secondary N) is 1. The Morgan fingerprint density at radius 3 is 2.97 bits per heavy atom. The van der Waals surface area contributed by atoms with Crippen LogP contribution in [0.2, 0.25) is 0 Å². The minimum Gasteiger partial charge on any atom is -0.360 e. The van der Waals surface area contributed by atoms with E-state index in [1.165, 1.54) is 11.3 Å². The highest BCUT2D eigenvalue weighted by Crippen LogP contribution is 2.43. The summed E-state index contributed by atoms with van der Waals surface area (Å²) in [5.41, 5.74) is 1.05. The Kier molecular flexibility index (Phi) is 4.91. The quantitative estimate of drug-likeness (QED) is 0.528. The van der Waals surface area contributed by atoms with Crippen molar-refractivity contribution >= 4 is 49.2 Å². The number of carbonyl (C=O) groups is 2. The van der Waals surface area contributed by atoms with Crippen molar-refractivity contribution in [3.8, 4) is 0 Å². The van der Waals surface area contributed by atoms with Gasteiger partial charge >= 0.3 is 0 Å². The molecule has 1 saturated carbocycles. The highest BCUT2D eigenvalue weighted by molar-refractivity contribution is 9.10. The number of aryl methyl sites for hydroxylation is 1. The second kappa shape index (κ2) is 7.70. The van der Waals surface area contributed by atoms with Crippen LogP contribution in [0.25, 0.3) is 10.1 Å². The van der Waals surface area contributed by atoms with Gasteiger partial charge in [-0.3, -0.25) is 9.59 Å². The van der Waals surface area contributed by atoms with Crippen LogP contribution >= 0.6 is 27.3 Å².